The molecule has 0 fully saturated rings. The van der Waals surface area contributed by atoms with Gasteiger partial charge in [-0.2, -0.15) is 0 Å². The smallest absolute Gasteiger partial charge is 0.123 e. The van der Waals surface area contributed by atoms with E-state index >= 15 is 0 Å². The lowest BCUT2D eigenvalue weighted by Gasteiger charge is -2.07. The first-order valence-corrected chi connectivity index (χ1v) is 7.14. The van der Waals surface area contributed by atoms with Crippen molar-refractivity contribution in [3.8, 4) is 0 Å². The summed E-state index contributed by atoms with van der Waals surface area (Å²) >= 11 is 3.50. The van der Waals surface area contributed by atoms with Crippen LogP contribution in [0.5, 0.6) is 0 Å². The predicted octanol–water partition coefficient (Wildman–Crippen LogP) is 4.23. The van der Waals surface area contributed by atoms with Gasteiger partial charge in [-0.1, -0.05) is 40.2 Å². The maximum Gasteiger partial charge on any atom is 0.123 e. The second-order valence-corrected chi connectivity index (χ2v) is 5.49. The third-order valence-electron chi connectivity index (χ3n) is 3.06. The Morgan fingerprint density at radius 3 is 2.42 bits per heavy atom. The standard InChI is InChI=1S/C16H17BrFN/c1-12-10-14(4-7-16(12)17)11-19-9-8-13-2-5-15(18)6-3-13/h2-7,10,19H,8-9,11H2,1H3. The van der Waals surface area contributed by atoms with Crippen molar-refractivity contribution in [1.29, 1.82) is 0 Å². The maximum atomic E-state index is 12.7. The van der Waals surface area contributed by atoms with Crippen molar-refractivity contribution in [3.63, 3.8) is 0 Å². The molecule has 0 bridgehead atoms. The first kappa shape index (κ1) is 14.2. The topological polar surface area (TPSA) is 12.0 Å². The zero-order chi connectivity index (χ0) is 13.7. The second kappa shape index (κ2) is 6.83. The summed E-state index contributed by atoms with van der Waals surface area (Å²) in [7, 11) is 0. The summed E-state index contributed by atoms with van der Waals surface area (Å²) in [4.78, 5) is 0. The minimum Gasteiger partial charge on any atom is -0.312 e. The number of nitrogens with one attached hydrogen (secondary N) is 1. The van der Waals surface area contributed by atoms with E-state index < -0.39 is 0 Å². The molecule has 3 heteroatoms. The van der Waals surface area contributed by atoms with Gasteiger partial charge >= 0.3 is 0 Å². The van der Waals surface area contributed by atoms with Gasteiger partial charge in [-0.15, -0.1) is 0 Å². The summed E-state index contributed by atoms with van der Waals surface area (Å²) in [5.74, 6) is -0.179. The zero-order valence-electron chi connectivity index (χ0n) is 10.9. The van der Waals surface area contributed by atoms with E-state index in [9.17, 15) is 4.39 Å². The van der Waals surface area contributed by atoms with Gasteiger partial charge in [0.1, 0.15) is 5.82 Å². The molecule has 2 aromatic rings. The van der Waals surface area contributed by atoms with E-state index in [2.05, 4.69) is 46.4 Å². The van der Waals surface area contributed by atoms with E-state index in [4.69, 9.17) is 0 Å². The van der Waals surface area contributed by atoms with Crippen LogP contribution in [0.2, 0.25) is 0 Å². The SMILES string of the molecule is Cc1cc(CNCCc2ccc(F)cc2)ccc1Br. The summed E-state index contributed by atoms with van der Waals surface area (Å²) < 4.78 is 13.9. The molecule has 0 atom stereocenters. The third-order valence-corrected chi connectivity index (χ3v) is 3.94. The lowest BCUT2D eigenvalue weighted by molar-refractivity contribution is 0.626. The summed E-state index contributed by atoms with van der Waals surface area (Å²) in [6.45, 7) is 3.84. The minimum absolute atomic E-state index is 0.179. The molecule has 0 unspecified atom stereocenters. The maximum absolute atomic E-state index is 12.7. The first-order valence-electron chi connectivity index (χ1n) is 6.35. The largest absolute Gasteiger partial charge is 0.312 e. The van der Waals surface area contributed by atoms with Gasteiger partial charge in [0.05, 0.1) is 0 Å². The van der Waals surface area contributed by atoms with Crippen molar-refractivity contribution >= 4 is 15.9 Å². The first-order chi connectivity index (χ1) is 9.15. The van der Waals surface area contributed by atoms with Gasteiger partial charge in [-0.05, 0) is 54.8 Å². The molecule has 0 saturated heterocycles. The van der Waals surface area contributed by atoms with Gasteiger partial charge in [-0.3, -0.25) is 0 Å². The van der Waals surface area contributed by atoms with Gasteiger partial charge in [0.15, 0.2) is 0 Å². The van der Waals surface area contributed by atoms with Crippen LogP contribution in [0.1, 0.15) is 16.7 Å². The van der Waals surface area contributed by atoms with Gasteiger partial charge in [-0.25, -0.2) is 4.39 Å². The molecule has 2 rings (SSSR count). The quantitative estimate of drug-likeness (QED) is 0.813. The molecule has 0 heterocycles. The summed E-state index contributed by atoms with van der Waals surface area (Å²) in [6.07, 6.45) is 0.912. The van der Waals surface area contributed by atoms with Crippen molar-refractivity contribution in [2.75, 3.05) is 6.54 Å². The van der Waals surface area contributed by atoms with Gasteiger partial charge in [0.2, 0.25) is 0 Å². The van der Waals surface area contributed by atoms with Gasteiger partial charge < -0.3 is 5.32 Å². The van der Waals surface area contributed by atoms with E-state index in [1.165, 1.54) is 23.3 Å². The molecule has 0 aromatic heterocycles. The molecule has 0 radical (unpaired) electrons. The van der Waals surface area contributed by atoms with Crippen LogP contribution >= 0.6 is 15.9 Å². The van der Waals surface area contributed by atoms with Crippen LogP contribution in [0.15, 0.2) is 46.9 Å². The third kappa shape index (κ3) is 4.44. The van der Waals surface area contributed by atoms with Crippen LogP contribution in [-0.4, -0.2) is 6.54 Å². The summed E-state index contributed by atoms with van der Waals surface area (Å²) in [5.41, 5.74) is 3.68. The van der Waals surface area contributed by atoms with Gasteiger partial charge in [0.25, 0.3) is 0 Å². The summed E-state index contributed by atoms with van der Waals surface area (Å²) in [6, 6.07) is 13.0. The molecule has 0 aliphatic rings. The van der Waals surface area contributed by atoms with E-state index in [1.807, 2.05) is 12.1 Å². The fourth-order valence-electron chi connectivity index (χ4n) is 1.93. The Bertz CT molecular complexity index is 537. The Balaban J connectivity index is 1.77. The monoisotopic (exact) mass is 321 g/mol. The minimum atomic E-state index is -0.179. The number of aryl methyl sites for hydroxylation is 1. The second-order valence-electron chi connectivity index (χ2n) is 4.64. The molecule has 1 nitrogen and oxygen atoms in total. The Labute approximate surface area is 122 Å². The highest BCUT2D eigenvalue weighted by Gasteiger charge is 1.98. The normalized spacial score (nSPS) is 10.7. The van der Waals surface area contributed by atoms with Crippen LogP contribution in [0.25, 0.3) is 0 Å². The van der Waals surface area contributed by atoms with Crippen molar-refractivity contribution < 1.29 is 4.39 Å². The van der Waals surface area contributed by atoms with E-state index in [-0.39, 0.29) is 5.82 Å². The molecular formula is C16H17BrFN. The molecule has 19 heavy (non-hydrogen) atoms. The Morgan fingerprint density at radius 2 is 1.74 bits per heavy atom. The fourth-order valence-corrected chi connectivity index (χ4v) is 2.18. The summed E-state index contributed by atoms with van der Waals surface area (Å²) in [5, 5.41) is 3.40. The number of hydrogen-bond acceptors (Lipinski definition) is 1. The van der Waals surface area contributed by atoms with Crippen LogP contribution in [0.3, 0.4) is 0 Å². The van der Waals surface area contributed by atoms with Crippen LogP contribution in [-0.2, 0) is 13.0 Å². The number of benzene rings is 2. The number of halogens is 2. The average molecular weight is 322 g/mol. The Kier molecular flexibility index (Phi) is 5.11. The molecular weight excluding hydrogens is 305 g/mol. The highest BCUT2D eigenvalue weighted by atomic mass is 79.9. The van der Waals surface area contributed by atoms with E-state index in [1.54, 1.807) is 0 Å². The highest BCUT2D eigenvalue weighted by molar-refractivity contribution is 9.10. The fraction of sp³-hybridized carbons (Fsp3) is 0.250. The Hall–Kier alpha value is -1.19. The molecule has 0 aliphatic heterocycles. The average Bonchev–Trinajstić information content (AvgIpc) is 2.41. The molecule has 2 aromatic carbocycles. The molecule has 100 valence electrons. The van der Waals surface area contributed by atoms with Crippen LogP contribution < -0.4 is 5.32 Å². The van der Waals surface area contributed by atoms with E-state index in [0.29, 0.717) is 0 Å². The molecule has 0 aliphatic carbocycles. The van der Waals surface area contributed by atoms with Crippen LogP contribution in [0, 0.1) is 12.7 Å². The van der Waals surface area contributed by atoms with E-state index in [0.717, 1.165) is 29.5 Å². The lowest BCUT2D eigenvalue weighted by Crippen LogP contribution is -2.16. The molecule has 0 amide bonds. The predicted molar refractivity (Wildman–Crippen MR) is 80.7 cm³/mol. The van der Waals surface area contributed by atoms with Crippen molar-refractivity contribution in [3.05, 3.63) is 69.4 Å². The van der Waals surface area contributed by atoms with Crippen molar-refractivity contribution in [2.24, 2.45) is 0 Å². The Morgan fingerprint density at radius 1 is 1.05 bits per heavy atom. The van der Waals surface area contributed by atoms with Crippen molar-refractivity contribution in [1.82, 2.24) is 5.32 Å². The van der Waals surface area contributed by atoms with Gasteiger partial charge in [0, 0.05) is 11.0 Å². The number of hydrogen-bond donors (Lipinski definition) is 1. The molecule has 1 N–H and O–H groups in total. The van der Waals surface area contributed by atoms with Crippen molar-refractivity contribution in [2.45, 2.75) is 19.9 Å². The highest BCUT2D eigenvalue weighted by Crippen LogP contribution is 2.16. The molecule has 0 spiro atoms. The number of rotatable bonds is 5. The molecule has 0 saturated carbocycles. The zero-order valence-corrected chi connectivity index (χ0v) is 12.5. The lowest BCUT2D eigenvalue weighted by atomic mass is 10.1. The van der Waals surface area contributed by atoms with Crippen LogP contribution in [0.4, 0.5) is 4.39 Å².